The van der Waals surface area contributed by atoms with Crippen LogP contribution in [0.2, 0.25) is 0 Å². The van der Waals surface area contributed by atoms with E-state index in [2.05, 4.69) is 19.2 Å². The second-order valence-electron chi connectivity index (χ2n) is 5.02. The summed E-state index contributed by atoms with van der Waals surface area (Å²) in [6.45, 7) is 6.17. The Kier molecular flexibility index (Phi) is 5.01. The normalized spacial score (nSPS) is 12.4. The van der Waals surface area contributed by atoms with E-state index in [9.17, 15) is 15.0 Å². The van der Waals surface area contributed by atoms with E-state index in [0.29, 0.717) is 5.92 Å². The summed E-state index contributed by atoms with van der Waals surface area (Å²) < 4.78 is 0. The first-order valence-corrected chi connectivity index (χ1v) is 6.23. The SMILES string of the molecule is CC(C)CCC(C)NC(=O)c1c(O)cccc1O. The molecule has 1 atom stereocenters. The lowest BCUT2D eigenvalue weighted by Gasteiger charge is -2.16. The molecule has 1 aromatic carbocycles. The molecule has 0 spiro atoms. The first kappa shape index (κ1) is 14.4. The van der Waals surface area contributed by atoms with Crippen LogP contribution in [0.3, 0.4) is 0 Å². The average molecular weight is 251 g/mol. The highest BCUT2D eigenvalue weighted by atomic mass is 16.3. The van der Waals surface area contributed by atoms with E-state index >= 15 is 0 Å². The largest absolute Gasteiger partial charge is 0.507 e. The molecule has 0 fully saturated rings. The number of amides is 1. The van der Waals surface area contributed by atoms with Gasteiger partial charge < -0.3 is 15.5 Å². The third kappa shape index (κ3) is 3.95. The number of hydrogen-bond donors (Lipinski definition) is 3. The number of phenolic OH excluding ortho intramolecular Hbond substituents is 2. The zero-order valence-electron chi connectivity index (χ0n) is 11.1. The topological polar surface area (TPSA) is 69.6 Å². The van der Waals surface area contributed by atoms with Gasteiger partial charge in [0.15, 0.2) is 0 Å². The molecule has 1 aromatic rings. The third-order valence-electron chi connectivity index (χ3n) is 2.80. The lowest BCUT2D eigenvalue weighted by molar-refractivity contribution is 0.0931. The lowest BCUT2D eigenvalue weighted by atomic mass is 10.0. The third-order valence-corrected chi connectivity index (χ3v) is 2.80. The zero-order valence-corrected chi connectivity index (χ0v) is 11.1. The average Bonchev–Trinajstić information content (AvgIpc) is 2.26. The first-order valence-electron chi connectivity index (χ1n) is 6.23. The van der Waals surface area contributed by atoms with E-state index in [1.807, 2.05) is 6.92 Å². The molecular weight excluding hydrogens is 230 g/mol. The van der Waals surface area contributed by atoms with E-state index in [-0.39, 0.29) is 23.1 Å². The molecule has 1 amide bonds. The van der Waals surface area contributed by atoms with Gasteiger partial charge in [0, 0.05) is 6.04 Å². The van der Waals surface area contributed by atoms with Crippen molar-refractivity contribution in [2.75, 3.05) is 0 Å². The second-order valence-corrected chi connectivity index (χ2v) is 5.02. The molecule has 1 unspecified atom stereocenters. The van der Waals surface area contributed by atoms with Crippen LogP contribution < -0.4 is 5.32 Å². The summed E-state index contributed by atoms with van der Waals surface area (Å²) in [5.74, 6) is -0.267. The van der Waals surface area contributed by atoms with Crippen molar-refractivity contribution in [2.45, 2.75) is 39.7 Å². The number of rotatable bonds is 5. The van der Waals surface area contributed by atoms with Crippen molar-refractivity contribution in [3.63, 3.8) is 0 Å². The summed E-state index contributed by atoms with van der Waals surface area (Å²) in [5.41, 5.74) is -0.0612. The summed E-state index contributed by atoms with van der Waals surface area (Å²) in [6, 6.07) is 4.27. The smallest absolute Gasteiger partial charge is 0.259 e. The Labute approximate surface area is 108 Å². The summed E-state index contributed by atoms with van der Waals surface area (Å²) in [5, 5.41) is 21.9. The molecule has 1 rings (SSSR count). The summed E-state index contributed by atoms with van der Waals surface area (Å²) >= 11 is 0. The van der Waals surface area contributed by atoms with Gasteiger partial charge >= 0.3 is 0 Å². The van der Waals surface area contributed by atoms with Crippen molar-refractivity contribution < 1.29 is 15.0 Å². The molecule has 0 saturated carbocycles. The van der Waals surface area contributed by atoms with Gasteiger partial charge in [-0.25, -0.2) is 0 Å². The molecule has 0 aliphatic rings. The molecule has 0 aliphatic heterocycles. The number of nitrogens with one attached hydrogen (secondary N) is 1. The second kappa shape index (κ2) is 6.28. The van der Waals surface area contributed by atoms with Crippen LogP contribution in [0, 0.1) is 5.92 Å². The minimum absolute atomic E-state index is 0.0129. The minimum atomic E-state index is -0.443. The van der Waals surface area contributed by atoms with Gasteiger partial charge in [-0.2, -0.15) is 0 Å². The van der Waals surface area contributed by atoms with Gasteiger partial charge in [-0.05, 0) is 37.8 Å². The molecule has 0 heterocycles. The number of carbonyl (C=O) groups is 1. The number of aromatic hydroxyl groups is 2. The molecule has 0 aliphatic carbocycles. The fourth-order valence-electron chi connectivity index (χ4n) is 1.71. The quantitative estimate of drug-likeness (QED) is 0.753. The Balaban J connectivity index is 2.65. The highest BCUT2D eigenvalue weighted by Crippen LogP contribution is 2.26. The van der Waals surface area contributed by atoms with Crippen LogP contribution in [0.1, 0.15) is 44.0 Å². The van der Waals surface area contributed by atoms with Crippen LogP contribution >= 0.6 is 0 Å². The van der Waals surface area contributed by atoms with Crippen molar-refractivity contribution in [2.24, 2.45) is 5.92 Å². The molecule has 3 N–H and O–H groups in total. The van der Waals surface area contributed by atoms with Gasteiger partial charge in [-0.1, -0.05) is 19.9 Å². The molecule has 4 nitrogen and oxygen atoms in total. The first-order chi connectivity index (χ1) is 8.41. The number of hydrogen-bond acceptors (Lipinski definition) is 3. The predicted octanol–water partition coefficient (Wildman–Crippen LogP) is 2.65. The lowest BCUT2D eigenvalue weighted by Crippen LogP contribution is -2.32. The van der Waals surface area contributed by atoms with E-state index < -0.39 is 5.91 Å². The van der Waals surface area contributed by atoms with Crippen LogP contribution in [-0.2, 0) is 0 Å². The highest BCUT2D eigenvalue weighted by Gasteiger charge is 2.17. The molecule has 100 valence electrons. The highest BCUT2D eigenvalue weighted by molar-refractivity contribution is 5.99. The molecule has 4 heteroatoms. The van der Waals surface area contributed by atoms with Gasteiger partial charge in [-0.3, -0.25) is 4.79 Å². The molecule has 0 aromatic heterocycles. The summed E-state index contributed by atoms with van der Waals surface area (Å²) in [4.78, 5) is 11.9. The number of benzene rings is 1. The van der Waals surface area contributed by atoms with Crippen LogP contribution in [0.5, 0.6) is 11.5 Å². The summed E-state index contributed by atoms with van der Waals surface area (Å²) in [7, 11) is 0. The van der Waals surface area contributed by atoms with Crippen molar-refractivity contribution in [3.05, 3.63) is 23.8 Å². The molecule has 0 saturated heterocycles. The number of carbonyl (C=O) groups excluding carboxylic acids is 1. The van der Waals surface area contributed by atoms with E-state index in [1.165, 1.54) is 18.2 Å². The van der Waals surface area contributed by atoms with Crippen LogP contribution in [0.4, 0.5) is 0 Å². The van der Waals surface area contributed by atoms with Gasteiger partial charge in [-0.15, -0.1) is 0 Å². The van der Waals surface area contributed by atoms with Crippen molar-refractivity contribution in [3.8, 4) is 11.5 Å². The Bertz CT molecular complexity index is 395. The summed E-state index contributed by atoms with van der Waals surface area (Å²) in [6.07, 6.45) is 1.89. The number of phenols is 2. The zero-order chi connectivity index (χ0) is 13.7. The fraction of sp³-hybridized carbons (Fsp3) is 0.500. The van der Waals surface area contributed by atoms with Crippen LogP contribution in [-0.4, -0.2) is 22.2 Å². The maximum atomic E-state index is 11.9. The maximum Gasteiger partial charge on any atom is 0.259 e. The van der Waals surface area contributed by atoms with E-state index in [4.69, 9.17) is 0 Å². The standard InChI is InChI=1S/C14H21NO3/c1-9(2)7-8-10(3)15-14(18)13-11(16)5-4-6-12(13)17/h4-6,9-10,16-17H,7-8H2,1-3H3,(H,15,18). The Morgan fingerprint density at radius 2 is 1.72 bits per heavy atom. The monoisotopic (exact) mass is 251 g/mol. The van der Waals surface area contributed by atoms with Gasteiger partial charge in [0.1, 0.15) is 17.1 Å². The van der Waals surface area contributed by atoms with Crippen LogP contribution in [0.25, 0.3) is 0 Å². The van der Waals surface area contributed by atoms with Crippen molar-refractivity contribution in [1.82, 2.24) is 5.32 Å². The van der Waals surface area contributed by atoms with E-state index in [0.717, 1.165) is 12.8 Å². The molecule has 0 bridgehead atoms. The predicted molar refractivity (Wildman–Crippen MR) is 70.8 cm³/mol. The molecular formula is C14H21NO3. The van der Waals surface area contributed by atoms with Gasteiger partial charge in [0.05, 0.1) is 0 Å². The fourth-order valence-corrected chi connectivity index (χ4v) is 1.71. The Morgan fingerprint density at radius 3 is 2.22 bits per heavy atom. The Hall–Kier alpha value is -1.71. The van der Waals surface area contributed by atoms with Crippen LogP contribution in [0.15, 0.2) is 18.2 Å². The molecule has 18 heavy (non-hydrogen) atoms. The van der Waals surface area contributed by atoms with E-state index in [1.54, 1.807) is 0 Å². The minimum Gasteiger partial charge on any atom is -0.507 e. The van der Waals surface area contributed by atoms with Gasteiger partial charge in [0.25, 0.3) is 5.91 Å². The maximum absolute atomic E-state index is 11.9. The Morgan fingerprint density at radius 1 is 1.17 bits per heavy atom. The van der Waals surface area contributed by atoms with Gasteiger partial charge in [0.2, 0.25) is 0 Å². The van der Waals surface area contributed by atoms with Crippen molar-refractivity contribution in [1.29, 1.82) is 0 Å². The van der Waals surface area contributed by atoms with Crippen molar-refractivity contribution >= 4 is 5.91 Å². The molecule has 0 radical (unpaired) electrons.